The number of fused-ring (bicyclic) bond motifs is 2. The average Bonchev–Trinajstić information content (AvgIpc) is 3.04. The fourth-order valence-electron chi connectivity index (χ4n) is 4.46. The van der Waals surface area contributed by atoms with Gasteiger partial charge in [0.1, 0.15) is 17.1 Å². The van der Waals surface area contributed by atoms with Crippen LogP contribution in [-0.2, 0) is 28.6 Å². The van der Waals surface area contributed by atoms with Gasteiger partial charge in [-0.1, -0.05) is 27.2 Å². The molecule has 2 bridgehead atoms. The normalized spacial score (nSPS) is 42.5. The smallest absolute Gasteiger partial charge is 0.311 e. The van der Waals surface area contributed by atoms with Crippen LogP contribution in [0.4, 0.5) is 0 Å². The SMILES string of the molecule is CCCCO[C@H]1CC(=O)[C@@]2(C)C[C@@H](C)[C@H](O2)[C@H](Cl)C(=O)[C@](C)(O)[C@@H](CC)OC(=O)[C@@H]1C. The maximum Gasteiger partial charge on any atom is 0.311 e. The van der Waals surface area contributed by atoms with E-state index >= 15 is 0 Å². The maximum absolute atomic E-state index is 13.2. The molecule has 0 spiro atoms. The van der Waals surface area contributed by atoms with Crippen molar-refractivity contribution in [3.8, 4) is 0 Å². The summed E-state index contributed by atoms with van der Waals surface area (Å²) in [6, 6.07) is 0. The van der Waals surface area contributed by atoms with Crippen molar-refractivity contribution in [3.05, 3.63) is 0 Å². The number of unbranched alkanes of at least 4 members (excludes halogenated alkanes) is 1. The molecule has 2 fully saturated rings. The van der Waals surface area contributed by atoms with E-state index in [0.717, 1.165) is 12.8 Å². The summed E-state index contributed by atoms with van der Waals surface area (Å²) in [6.07, 6.45) is -0.177. The van der Waals surface area contributed by atoms with Crippen molar-refractivity contribution < 1.29 is 33.7 Å². The molecule has 0 radical (unpaired) electrons. The number of halogens is 1. The van der Waals surface area contributed by atoms with Gasteiger partial charge in [0.25, 0.3) is 0 Å². The Labute approximate surface area is 190 Å². The molecule has 178 valence electrons. The van der Waals surface area contributed by atoms with Crippen LogP contribution >= 0.6 is 11.6 Å². The van der Waals surface area contributed by atoms with Gasteiger partial charge < -0.3 is 19.3 Å². The minimum atomic E-state index is -1.99. The molecule has 0 amide bonds. The number of cyclic esters (lactones) is 1. The highest BCUT2D eigenvalue weighted by Gasteiger charge is 2.54. The van der Waals surface area contributed by atoms with Gasteiger partial charge in [-0.15, -0.1) is 11.6 Å². The molecule has 2 aliphatic rings. The number of hydrogen-bond acceptors (Lipinski definition) is 7. The lowest BCUT2D eigenvalue weighted by atomic mass is 9.83. The van der Waals surface area contributed by atoms with Gasteiger partial charge in [0, 0.05) is 13.0 Å². The number of hydrogen-bond donors (Lipinski definition) is 1. The summed E-state index contributed by atoms with van der Waals surface area (Å²) in [5, 5.41) is 9.86. The predicted octanol–water partition coefficient (Wildman–Crippen LogP) is 3.21. The molecule has 2 aliphatic heterocycles. The molecule has 7 nitrogen and oxygen atoms in total. The third-order valence-electron chi connectivity index (χ3n) is 6.70. The minimum absolute atomic E-state index is 0.00992. The maximum atomic E-state index is 13.2. The third-order valence-corrected chi connectivity index (χ3v) is 7.14. The summed E-state index contributed by atoms with van der Waals surface area (Å²) < 4.78 is 17.6. The molecule has 0 unspecified atom stereocenters. The standard InChI is InChI=1S/C23H37ClO7/c1-7-9-10-29-15-11-16(25)22(5)12-13(3)19(31-22)18(24)20(26)23(6,28)17(8-2)30-21(27)14(15)4/h13-15,17-19,28H,7-12H2,1-6H3/t13-,14-,15+,17-,18+,19+,22-,23-/m1/s1. The Morgan fingerprint density at radius 2 is 1.84 bits per heavy atom. The van der Waals surface area contributed by atoms with Crippen molar-refractivity contribution in [3.63, 3.8) is 0 Å². The second kappa shape index (κ2) is 10.3. The van der Waals surface area contributed by atoms with Gasteiger partial charge in [0.15, 0.2) is 17.2 Å². The number of ketones is 2. The Morgan fingerprint density at radius 1 is 1.19 bits per heavy atom. The lowest BCUT2D eigenvalue weighted by molar-refractivity contribution is -0.177. The Hall–Kier alpha value is -1.02. The average molecular weight is 461 g/mol. The van der Waals surface area contributed by atoms with Crippen LogP contribution < -0.4 is 0 Å². The largest absolute Gasteiger partial charge is 0.459 e. The summed E-state index contributed by atoms with van der Waals surface area (Å²) in [5.74, 6) is -2.42. The Balaban J connectivity index is 2.46. The zero-order valence-electron chi connectivity index (χ0n) is 19.5. The van der Waals surface area contributed by atoms with Gasteiger partial charge in [-0.3, -0.25) is 14.4 Å². The highest BCUT2D eigenvalue weighted by Crippen LogP contribution is 2.41. The quantitative estimate of drug-likeness (QED) is 0.382. The van der Waals surface area contributed by atoms with Crippen LogP contribution in [0, 0.1) is 11.8 Å². The van der Waals surface area contributed by atoms with E-state index in [9.17, 15) is 19.5 Å². The van der Waals surface area contributed by atoms with Gasteiger partial charge in [-0.2, -0.15) is 0 Å². The summed E-state index contributed by atoms with van der Waals surface area (Å²) in [5.41, 5.74) is -3.13. The van der Waals surface area contributed by atoms with Crippen LogP contribution in [0.25, 0.3) is 0 Å². The molecule has 0 saturated carbocycles. The monoisotopic (exact) mass is 460 g/mol. The number of esters is 1. The van der Waals surface area contributed by atoms with Gasteiger partial charge in [0.05, 0.1) is 18.1 Å². The number of Topliss-reactive ketones (excluding diaryl/α,β-unsaturated/α-hetero) is 2. The molecule has 0 aromatic carbocycles. The van der Waals surface area contributed by atoms with E-state index in [-0.39, 0.29) is 24.5 Å². The molecule has 0 aromatic heterocycles. The first-order chi connectivity index (χ1) is 14.4. The number of alkyl halides is 1. The zero-order chi connectivity index (χ0) is 23.6. The number of carbonyl (C=O) groups excluding carboxylic acids is 3. The van der Waals surface area contributed by atoms with Crippen LogP contribution in [0.3, 0.4) is 0 Å². The Bertz CT molecular complexity index is 679. The summed E-state index contributed by atoms with van der Waals surface area (Å²) in [7, 11) is 0. The fourth-order valence-corrected chi connectivity index (χ4v) is 4.98. The molecule has 0 aromatic rings. The van der Waals surface area contributed by atoms with Gasteiger partial charge in [-0.05, 0) is 46.0 Å². The van der Waals surface area contributed by atoms with E-state index < -0.39 is 52.6 Å². The first-order valence-corrected chi connectivity index (χ1v) is 11.8. The van der Waals surface area contributed by atoms with Gasteiger partial charge in [-0.25, -0.2) is 0 Å². The number of aliphatic hydroxyl groups is 1. The molecular formula is C23H37ClO7. The second-order valence-electron chi connectivity index (χ2n) is 9.42. The predicted molar refractivity (Wildman–Crippen MR) is 116 cm³/mol. The second-order valence-corrected chi connectivity index (χ2v) is 9.89. The van der Waals surface area contributed by atoms with Crippen molar-refractivity contribution in [2.24, 2.45) is 11.8 Å². The zero-order valence-corrected chi connectivity index (χ0v) is 20.2. The highest BCUT2D eigenvalue weighted by atomic mass is 35.5. The van der Waals surface area contributed by atoms with E-state index in [1.54, 1.807) is 20.8 Å². The number of ether oxygens (including phenoxy) is 3. The molecule has 2 saturated heterocycles. The summed E-state index contributed by atoms with van der Waals surface area (Å²) in [6.45, 7) is 10.7. The van der Waals surface area contributed by atoms with E-state index in [1.165, 1.54) is 6.92 Å². The lowest BCUT2D eigenvalue weighted by Gasteiger charge is -2.34. The van der Waals surface area contributed by atoms with Crippen LogP contribution in [0.2, 0.25) is 0 Å². The Morgan fingerprint density at radius 3 is 2.42 bits per heavy atom. The van der Waals surface area contributed by atoms with Crippen LogP contribution in [-0.4, -0.2) is 64.1 Å². The molecule has 2 heterocycles. The van der Waals surface area contributed by atoms with Crippen molar-refractivity contribution in [2.45, 2.75) is 109 Å². The third kappa shape index (κ3) is 5.49. The molecule has 1 N–H and O–H groups in total. The molecule has 8 heteroatoms. The van der Waals surface area contributed by atoms with Crippen molar-refractivity contribution in [1.29, 1.82) is 0 Å². The fraction of sp³-hybridized carbons (Fsp3) is 0.870. The summed E-state index contributed by atoms with van der Waals surface area (Å²) in [4.78, 5) is 39.3. The van der Waals surface area contributed by atoms with Crippen LogP contribution in [0.15, 0.2) is 0 Å². The van der Waals surface area contributed by atoms with Crippen molar-refractivity contribution in [2.75, 3.05) is 6.61 Å². The first kappa shape index (κ1) is 26.2. The van der Waals surface area contributed by atoms with Crippen molar-refractivity contribution in [1.82, 2.24) is 0 Å². The molecule has 2 rings (SSSR count). The van der Waals surface area contributed by atoms with E-state index in [4.69, 9.17) is 25.8 Å². The highest BCUT2D eigenvalue weighted by molar-refractivity contribution is 6.33. The molecular weight excluding hydrogens is 424 g/mol. The van der Waals surface area contributed by atoms with Crippen molar-refractivity contribution >= 4 is 29.1 Å². The van der Waals surface area contributed by atoms with Gasteiger partial charge in [0.2, 0.25) is 0 Å². The minimum Gasteiger partial charge on any atom is -0.459 e. The number of rotatable bonds is 5. The topological polar surface area (TPSA) is 99.1 Å². The lowest BCUT2D eigenvalue weighted by Crippen LogP contribution is -2.54. The molecule has 8 atom stereocenters. The first-order valence-electron chi connectivity index (χ1n) is 11.3. The molecule has 0 aliphatic carbocycles. The van der Waals surface area contributed by atoms with Gasteiger partial charge >= 0.3 is 5.97 Å². The number of carbonyl (C=O) groups is 3. The summed E-state index contributed by atoms with van der Waals surface area (Å²) >= 11 is 6.48. The molecule has 31 heavy (non-hydrogen) atoms. The Kier molecular flexibility index (Phi) is 8.70. The van der Waals surface area contributed by atoms with E-state index in [2.05, 4.69) is 0 Å². The van der Waals surface area contributed by atoms with Crippen LogP contribution in [0.1, 0.15) is 73.6 Å². The van der Waals surface area contributed by atoms with E-state index in [1.807, 2.05) is 13.8 Å². The van der Waals surface area contributed by atoms with Crippen LogP contribution in [0.5, 0.6) is 0 Å². The van der Waals surface area contributed by atoms with E-state index in [0.29, 0.717) is 13.0 Å².